The number of nitrogens with one attached hydrogen (secondary N) is 1. The highest BCUT2D eigenvalue weighted by molar-refractivity contribution is 6.32. The van der Waals surface area contributed by atoms with Gasteiger partial charge in [-0.25, -0.2) is 4.79 Å². The number of nitrogens with zero attached hydrogens (tertiary/aromatic N) is 4. The van der Waals surface area contributed by atoms with Crippen LogP contribution in [-0.2, 0) is 4.74 Å². The summed E-state index contributed by atoms with van der Waals surface area (Å²) in [6.45, 7) is 26.5. The van der Waals surface area contributed by atoms with Gasteiger partial charge >= 0.3 is 6.09 Å². The number of nitrogens with two attached hydrogens (primary N) is 1. The zero-order valence-electron chi connectivity index (χ0n) is 34.9. The number of alkyl carbamates (subject to hydrolysis) is 1. The van der Waals surface area contributed by atoms with E-state index in [1.54, 1.807) is 30.9 Å². The van der Waals surface area contributed by atoms with Crippen molar-refractivity contribution in [3.05, 3.63) is 81.6 Å². The Morgan fingerprint density at radius 1 is 0.727 bits per heavy atom. The van der Waals surface area contributed by atoms with Crippen LogP contribution >= 0.6 is 23.2 Å². The van der Waals surface area contributed by atoms with E-state index >= 15 is 0 Å². The fourth-order valence-corrected chi connectivity index (χ4v) is 6.66. The lowest BCUT2D eigenvalue weighted by Crippen LogP contribution is -2.52. The molecule has 4 heterocycles. The third-order valence-electron chi connectivity index (χ3n) is 8.74. The molecule has 0 aliphatic carbocycles. The fourth-order valence-electron chi connectivity index (χ4n) is 6.25. The minimum Gasteiger partial charge on any atom is -0.488 e. The number of aromatic nitrogens is 4. The Morgan fingerprint density at radius 2 is 1.16 bits per heavy atom. The quantitative estimate of drug-likeness (QED) is 0.136. The van der Waals surface area contributed by atoms with Crippen molar-refractivity contribution in [3.8, 4) is 34.0 Å². The van der Waals surface area contributed by atoms with E-state index in [2.05, 4.69) is 52.9 Å². The van der Waals surface area contributed by atoms with Crippen LogP contribution in [0.1, 0.15) is 97.7 Å². The molecule has 0 saturated heterocycles. The Bertz CT molecular complexity index is 1910. The van der Waals surface area contributed by atoms with Gasteiger partial charge in [0.25, 0.3) is 0 Å². The van der Waals surface area contributed by atoms with E-state index in [1.165, 1.54) is 0 Å². The van der Waals surface area contributed by atoms with Crippen LogP contribution in [0.3, 0.4) is 0 Å². The van der Waals surface area contributed by atoms with E-state index in [4.69, 9.17) is 43.1 Å². The van der Waals surface area contributed by atoms with Gasteiger partial charge in [-0.05, 0) is 122 Å². The van der Waals surface area contributed by atoms with Crippen LogP contribution in [-0.4, -0.2) is 55.9 Å². The molecule has 0 aliphatic heterocycles. The number of halogens is 2. The predicted octanol–water partition coefficient (Wildman–Crippen LogP) is 10.7. The molecule has 12 heteroatoms. The van der Waals surface area contributed by atoms with Crippen LogP contribution in [0.4, 0.5) is 4.79 Å². The average molecular weight is 796 g/mol. The molecule has 0 spiro atoms. The van der Waals surface area contributed by atoms with E-state index in [0.717, 1.165) is 51.5 Å². The fraction of sp³-hybridized carbons (Fsp3) is 0.512. The number of aryl methyl sites for hydroxylation is 2. The van der Waals surface area contributed by atoms with Gasteiger partial charge in [-0.15, -0.1) is 0 Å². The summed E-state index contributed by atoms with van der Waals surface area (Å²) in [7, 11) is 0. The third kappa shape index (κ3) is 14.2. The summed E-state index contributed by atoms with van der Waals surface area (Å²) < 4.78 is 17.2. The summed E-state index contributed by atoms with van der Waals surface area (Å²) >= 11 is 12.9. The summed E-state index contributed by atoms with van der Waals surface area (Å²) in [5.74, 6) is 1.88. The van der Waals surface area contributed by atoms with E-state index in [9.17, 15) is 4.79 Å². The van der Waals surface area contributed by atoms with Gasteiger partial charge in [0.15, 0.2) is 11.5 Å². The summed E-state index contributed by atoms with van der Waals surface area (Å²) in [4.78, 5) is 30.0. The molecule has 0 saturated carbocycles. The normalized spacial score (nSPS) is 13.7. The Hall–Kier alpha value is -3.99. The van der Waals surface area contributed by atoms with Crippen molar-refractivity contribution in [2.24, 2.45) is 17.6 Å². The average Bonchev–Trinajstić information content (AvgIpc) is 3.04. The predicted molar refractivity (Wildman–Crippen MR) is 224 cm³/mol. The number of pyridine rings is 4. The highest BCUT2D eigenvalue weighted by Gasteiger charge is 2.31. The van der Waals surface area contributed by atoms with Crippen molar-refractivity contribution in [1.29, 1.82) is 0 Å². The molecule has 300 valence electrons. The van der Waals surface area contributed by atoms with E-state index in [0.29, 0.717) is 46.4 Å². The number of ether oxygens (including phenoxy) is 3. The minimum atomic E-state index is -0.628. The maximum absolute atomic E-state index is 12.4. The maximum atomic E-state index is 12.4. The van der Waals surface area contributed by atoms with Crippen molar-refractivity contribution in [3.63, 3.8) is 0 Å². The first-order valence-corrected chi connectivity index (χ1v) is 19.5. The largest absolute Gasteiger partial charge is 0.488 e. The minimum absolute atomic E-state index is 0.235. The molecule has 4 aromatic rings. The molecule has 1 amide bonds. The number of hydrogen-bond acceptors (Lipinski definition) is 9. The second-order valence-electron chi connectivity index (χ2n) is 16.8. The van der Waals surface area contributed by atoms with Crippen molar-refractivity contribution < 1.29 is 19.0 Å². The molecule has 4 rings (SSSR count). The topological polar surface area (TPSA) is 134 Å². The van der Waals surface area contributed by atoms with Crippen LogP contribution in [0.25, 0.3) is 22.5 Å². The van der Waals surface area contributed by atoms with E-state index in [1.807, 2.05) is 80.5 Å². The van der Waals surface area contributed by atoms with E-state index < -0.39 is 22.8 Å². The third-order valence-corrected chi connectivity index (χ3v) is 9.33. The zero-order valence-corrected chi connectivity index (χ0v) is 36.4. The Labute approximate surface area is 338 Å². The number of carbonyl (C=O) groups is 1. The van der Waals surface area contributed by atoms with E-state index in [-0.39, 0.29) is 6.61 Å². The van der Waals surface area contributed by atoms with Gasteiger partial charge in [0.1, 0.15) is 18.8 Å². The van der Waals surface area contributed by atoms with Gasteiger partial charge in [0.2, 0.25) is 0 Å². The number of hydrogen-bond donors (Lipinski definition) is 2. The molecule has 0 radical (unpaired) electrons. The summed E-state index contributed by atoms with van der Waals surface area (Å²) in [6.07, 6.45) is 7.95. The molecule has 10 nitrogen and oxygen atoms in total. The summed E-state index contributed by atoms with van der Waals surface area (Å²) in [5.41, 5.74) is 12.4. The lowest BCUT2D eigenvalue weighted by Gasteiger charge is -2.33. The summed E-state index contributed by atoms with van der Waals surface area (Å²) in [6, 6.07) is 7.49. The van der Waals surface area contributed by atoms with Gasteiger partial charge in [-0.3, -0.25) is 19.9 Å². The van der Waals surface area contributed by atoms with Gasteiger partial charge in [0, 0.05) is 40.4 Å². The lowest BCUT2D eigenvalue weighted by atomic mass is 9.91. The molecular weight excluding hydrogens is 735 g/mol. The van der Waals surface area contributed by atoms with Gasteiger partial charge in [-0.2, -0.15) is 0 Å². The maximum Gasteiger partial charge on any atom is 0.408 e. The monoisotopic (exact) mass is 794 g/mol. The molecule has 0 aliphatic rings. The summed E-state index contributed by atoms with van der Waals surface area (Å²) in [5, 5.41) is 3.96. The van der Waals surface area contributed by atoms with Crippen molar-refractivity contribution in [1.82, 2.24) is 25.3 Å². The first-order valence-electron chi connectivity index (χ1n) is 18.7. The highest BCUT2D eigenvalue weighted by Crippen LogP contribution is 2.33. The molecule has 0 unspecified atom stereocenters. The molecule has 2 atom stereocenters. The van der Waals surface area contributed by atoms with Crippen LogP contribution in [0.15, 0.2) is 49.1 Å². The molecular formula is C43H60Cl2N6O4. The zero-order chi connectivity index (χ0) is 41.3. The molecule has 0 fully saturated rings. The van der Waals surface area contributed by atoms with Crippen molar-refractivity contribution >= 4 is 29.3 Å². The SMILES string of the molecule is Cc1nccc(-c2cc(Cl)c(OC[C@@](C)(N)CC(C)C)cn2)c1C.Cc1nccc(-c2cc(Cl)c(OC[C@](C)(CC(C)C)NC(=O)OC(C)(C)C)cn2)c1C. The van der Waals surface area contributed by atoms with Crippen LogP contribution in [0.5, 0.6) is 11.5 Å². The van der Waals surface area contributed by atoms with Crippen LogP contribution in [0, 0.1) is 39.5 Å². The molecule has 55 heavy (non-hydrogen) atoms. The van der Waals surface area contributed by atoms with Crippen LogP contribution < -0.4 is 20.5 Å². The Kier molecular flexibility index (Phi) is 15.9. The second-order valence-corrected chi connectivity index (χ2v) is 17.6. The Morgan fingerprint density at radius 3 is 1.56 bits per heavy atom. The van der Waals surface area contributed by atoms with Gasteiger partial charge < -0.3 is 25.3 Å². The number of rotatable bonds is 13. The smallest absolute Gasteiger partial charge is 0.408 e. The Balaban J connectivity index is 0.000000305. The number of amides is 1. The standard InChI is InChI=1S/C24H34ClN3O3.C19H26ClN3O/c1-15(2)12-24(8,28-22(29)31-23(5,6)7)14-30-21-13-27-20(11-19(21)25)18-9-10-26-17(4)16(18)3;1-12(2)9-19(5,21)11-24-18-10-23-17(8-16(18)20)15-6-7-22-14(4)13(15)3/h9-11,13,15H,12,14H2,1-8H3,(H,28,29);6-8,10,12H,9,11,21H2,1-5H3/t24-;19-/m00/s1. The molecule has 3 N–H and O–H groups in total. The molecule has 0 aromatic carbocycles. The van der Waals surface area contributed by atoms with Gasteiger partial charge in [-0.1, -0.05) is 50.9 Å². The lowest BCUT2D eigenvalue weighted by molar-refractivity contribution is 0.0408. The van der Waals surface area contributed by atoms with Crippen LogP contribution in [0.2, 0.25) is 10.0 Å². The second kappa shape index (κ2) is 19.2. The van der Waals surface area contributed by atoms with Crippen molar-refractivity contribution in [2.75, 3.05) is 13.2 Å². The molecule has 0 bridgehead atoms. The molecule has 4 aromatic heterocycles. The highest BCUT2D eigenvalue weighted by atomic mass is 35.5. The van der Waals surface area contributed by atoms with Gasteiger partial charge in [0.05, 0.1) is 39.4 Å². The first-order chi connectivity index (χ1) is 25.5. The number of carbonyl (C=O) groups excluding carboxylic acids is 1. The first kappa shape index (κ1) is 45.4. The van der Waals surface area contributed by atoms with Crippen molar-refractivity contribution in [2.45, 2.75) is 120 Å².